The second-order valence-corrected chi connectivity index (χ2v) is 5.67. The first-order valence-corrected chi connectivity index (χ1v) is 7.64. The highest BCUT2D eigenvalue weighted by atomic mass is 35.5. The van der Waals surface area contributed by atoms with Gasteiger partial charge < -0.3 is 15.1 Å². The van der Waals surface area contributed by atoms with Crippen molar-refractivity contribution >= 4 is 23.3 Å². The number of amides is 1. The molecule has 0 aliphatic heterocycles. The summed E-state index contributed by atoms with van der Waals surface area (Å²) in [5.74, 6) is 0.540. The Morgan fingerprint density at radius 2 is 2.05 bits per heavy atom. The Bertz CT molecular complexity index is 479. The van der Waals surface area contributed by atoms with Gasteiger partial charge in [0.05, 0.1) is 5.02 Å². The molecule has 1 unspecified atom stereocenters. The van der Waals surface area contributed by atoms with Crippen molar-refractivity contribution in [3.8, 4) is 0 Å². The van der Waals surface area contributed by atoms with Crippen LogP contribution in [0, 0.1) is 0 Å². The van der Waals surface area contributed by atoms with Gasteiger partial charge in [0, 0.05) is 25.7 Å². The standard InChI is InChI=1S/C15H25ClN4O/c1-6-17-13-9-8-12(16)14(18-13)15(21)20(7-2)11(3)10-19(4)5/h8-9,11H,6-7,10H2,1-5H3,(H,17,18). The van der Waals surface area contributed by atoms with Crippen LogP contribution < -0.4 is 5.32 Å². The highest BCUT2D eigenvalue weighted by Gasteiger charge is 2.23. The number of rotatable bonds is 7. The molecule has 0 saturated heterocycles. The number of nitrogens with one attached hydrogen (secondary N) is 1. The summed E-state index contributed by atoms with van der Waals surface area (Å²) in [7, 11) is 3.98. The maximum absolute atomic E-state index is 12.7. The molecule has 0 bridgehead atoms. The Morgan fingerprint density at radius 3 is 2.57 bits per heavy atom. The summed E-state index contributed by atoms with van der Waals surface area (Å²) in [6.07, 6.45) is 0. The molecule has 1 amide bonds. The Hall–Kier alpha value is -1.33. The van der Waals surface area contributed by atoms with Crippen LogP contribution in [0.5, 0.6) is 0 Å². The molecule has 0 fully saturated rings. The molecule has 1 aromatic heterocycles. The zero-order valence-corrected chi connectivity index (χ0v) is 14.2. The molecule has 0 radical (unpaired) electrons. The monoisotopic (exact) mass is 312 g/mol. The molecule has 0 saturated carbocycles. The van der Waals surface area contributed by atoms with E-state index in [1.807, 2.05) is 34.9 Å². The van der Waals surface area contributed by atoms with Gasteiger partial charge in [-0.15, -0.1) is 0 Å². The smallest absolute Gasteiger partial charge is 0.274 e. The van der Waals surface area contributed by atoms with Crippen molar-refractivity contribution in [3.63, 3.8) is 0 Å². The van der Waals surface area contributed by atoms with Crippen molar-refractivity contribution in [2.45, 2.75) is 26.8 Å². The third-order valence-corrected chi connectivity index (χ3v) is 3.47. The summed E-state index contributed by atoms with van der Waals surface area (Å²) < 4.78 is 0. The van der Waals surface area contributed by atoms with Crippen LogP contribution in [0.2, 0.25) is 5.02 Å². The molecule has 1 heterocycles. The Labute approximate surface area is 132 Å². The normalized spacial score (nSPS) is 12.3. The molecule has 0 aromatic carbocycles. The molecule has 118 valence electrons. The topological polar surface area (TPSA) is 48.5 Å². The third-order valence-electron chi connectivity index (χ3n) is 3.17. The number of carbonyl (C=O) groups is 1. The van der Waals surface area contributed by atoms with Gasteiger partial charge in [-0.25, -0.2) is 4.98 Å². The van der Waals surface area contributed by atoms with Gasteiger partial charge in [0.15, 0.2) is 0 Å². The number of likely N-dealkylation sites (N-methyl/N-ethyl adjacent to an activating group) is 2. The van der Waals surface area contributed by atoms with Crippen molar-refractivity contribution in [2.75, 3.05) is 39.0 Å². The first-order valence-electron chi connectivity index (χ1n) is 7.26. The molecule has 1 atom stereocenters. The third kappa shape index (κ3) is 4.86. The lowest BCUT2D eigenvalue weighted by atomic mass is 10.2. The first-order chi connectivity index (χ1) is 9.90. The number of pyridine rings is 1. The highest BCUT2D eigenvalue weighted by Crippen LogP contribution is 2.19. The summed E-state index contributed by atoms with van der Waals surface area (Å²) in [4.78, 5) is 20.9. The summed E-state index contributed by atoms with van der Waals surface area (Å²) in [5, 5.41) is 3.49. The van der Waals surface area contributed by atoms with Gasteiger partial charge in [0.25, 0.3) is 5.91 Å². The molecule has 1 aromatic rings. The van der Waals surface area contributed by atoms with Crippen LogP contribution in [0.1, 0.15) is 31.3 Å². The molecule has 0 spiro atoms. The van der Waals surface area contributed by atoms with E-state index in [1.165, 1.54) is 0 Å². The fourth-order valence-corrected chi connectivity index (χ4v) is 2.48. The number of anilines is 1. The number of carbonyl (C=O) groups excluding carboxylic acids is 1. The number of nitrogens with zero attached hydrogens (tertiary/aromatic N) is 3. The van der Waals surface area contributed by atoms with Crippen molar-refractivity contribution in [2.24, 2.45) is 0 Å². The van der Waals surface area contributed by atoms with Gasteiger partial charge in [-0.2, -0.15) is 0 Å². The van der Waals surface area contributed by atoms with Gasteiger partial charge in [-0.3, -0.25) is 4.79 Å². The minimum absolute atomic E-state index is 0.0955. The predicted octanol–water partition coefficient (Wildman–Crippen LogP) is 2.58. The summed E-state index contributed by atoms with van der Waals surface area (Å²) in [6, 6.07) is 3.59. The second kappa shape index (κ2) is 8.20. The Kier molecular flexibility index (Phi) is 6.92. The highest BCUT2D eigenvalue weighted by molar-refractivity contribution is 6.33. The van der Waals surface area contributed by atoms with E-state index in [0.717, 1.165) is 13.1 Å². The average molecular weight is 313 g/mol. The quantitative estimate of drug-likeness (QED) is 0.840. The second-order valence-electron chi connectivity index (χ2n) is 5.26. The van der Waals surface area contributed by atoms with Gasteiger partial charge >= 0.3 is 0 Å². The maximum Gasteiger partial charge on any atom is 0.274 e. The fourth-order valence-electron chi connectivity index (χ4n) is 2.29. The molecule has 0 aliphatic rings. The molecule has 0 aliphatic carbocycles. The van der Waals surface area contributed by atoms with Crippen molar-refractivity contribution < 1.29 is 4.79 Å². The number of halogens is 1. The van der Waals surface area contributed by atoms with Gasteiger partial charge in [-0.1, -0.05) is 11.6 Å². The summed E-state index contributed by atoms with van der Waals surface area (Å²) >= 11 is 6.15. The largest absolute Gasteiger partial charge is 0.370 e. The van der Waals surface area contributed by atoms with Crippen LogP contribution >= 0.6 is 11.6 Å². The number of aromatic nitrogens is 1. The zero-order valence-electron chi connectivity index (χ0n) is 13.5. The number of hydrogen-bond donors (Lipinski definition) is 1. The molecule has 1 rings (SSSR count). The predicted molar refractivity (Wildman–Crippen MR) is 88.1 cm³/mol. The molecule has 5 nitrogen and oxygen atoms in total. The van der Waals surface area contributed by atoms with E-state index in [9.17, 15) is 4.79 Å². The van der Waals surface area contributed by atoms with Crippen LogP contribution in [0.25, 0.3) is 0 Å². The fraction of sp³-hybridized carbons (Fsp3) is 0.600. The minimum atomic E-state index is -0.128. The van der Waals surface area contributed by atoms with Crippen LogP contribution in [-0.2, 0) is 0 Å². The maximum atomic E-state index is 12.7. The van der Waals surface area contributed by atoms with E-state index in [1.54, 1.807) is 17.0 Å². The van der Waals surface area contributed by atoms with Crippen molar-refractivity contribution in [1.82, 2.24) is 14.8 Å². The van der Waals surface area contributed by atoms with E-state index in [2.05, 4.69) is 15.2 Å². The van der Waals surface area contributed by atoms with Crippen molar-refractivity contribution in [3.05, 3.63) is 22.8 Å². The molecule has 21 heavy (non-hydrogen) atoms. The van der Waals surface area contributed by atoms with E-state index < -0.39 is 0 Å². The van der Waals surface area contributed by atoms with Crippen molar-refractivity contribution in [1.29, 1.82) is 0 Å². The van der Waals surface area contributed by atoms with E-state index in [4.69, 9.17) is 11.6 Å². The lowest BCUT2D eigenvalue weighted by Crippen LogP contribution is -2.44. The van der Waals surface area contributed by atoms with Gasteiger partial charge in [0.2, 0.25) is 0 Å². The van der Waals surface area contributed by atoms with Crippen LogP contribution in [0.4, 0.5) is 5.82 Å². The lowest BCUT2D eigenvalue weighted by molar-refractivity contribution is 0.0673. The summed E-state index contributed by atoms with van der Waals surface area (Å²) in [5.41, 5.74) is 0.308. The van der Waals surface area contributed by atoms with Crippen LogP contribution in [-0.4, -0.2) is 60.5 Å². The molecule has 1 N–H and O–H groups in total. The van der Waals surface area contributed by atoms with E-state index >= 15 is 0 Å². The lowest BCUT2D eigenvalue weighted by Gasteiger charge is -2.30. The van der Waals surface area contributed by atoms with Crippen LogP contribution in [0.15, 0.2) is 12.1 Å². The molecular formula is C15H25ClN4O. The van der Waals surface area contributed by atoms with E-state index in [-0.39, 0.29) is 11.9 Å². The minimum Gasteiger partial charge on any atom is -0.370 e. The number of hydrogen-bond acceptors (Lipinski definition) is 4. The summed E-state index contributed by atoms with van der Waals surface area (Å²) in [6.45, 7) is 8.14. The average Bonchev–Trinajstić information content (AvgIpc) is 2.41. The Balaban J connectivity index is 3.01. The molecular weight excluding hydrogens is 288 g/mol. The van der Waals surface area contributed by atoms with E-state index in [0.29, 0.717) is 23.1 Å². The molecule has 6 heteroatoms. The first kappa shape index (κ1) is 17.7. The van der Waals surface area contributed by atoms with Crippen LogP contribution in [0.3, 0.4) is 0 Å². The van der Waals surface area contributed by atoms with Gasteiger partial charge in [0.1, 0.15) is 11.5 Å². The Morgan fingerprint density at radius 1 is 1.38 bits per heavy atom. The van der Waals surface area contributed by atoms with Gasteiger partial charge in [-0.05, 0) is 47.0 Å². The SMILES string of the molecule is CCNc1ccc(Cl)c(C(=O)N(CC)C(C)CN(C)C)n1. The zero-order chi connectivity index (χ0) is 16.0.